The van der Waals surface area contributed by atoms with Crippen molar-refractivity contribution in [2.24, 2.45) is 0 Å². The van der Waals surface area contributed by atoms with E-state index >= 15 is 0 Å². The van der Waals surface area contributed by atoms with Gasteiger partial charge in [0.25, 0.3) is 0 Å². The second-order valence-corrected chi connectivity index (χ2v) is 41.9. The van der Waals surface area contributed by atoms with Crippen LogP contribution in [0.15, 0.2) is 30.3 Å². The van der Waals surface area contributed by atoms with Crippen LogP contribution in [0.4, 0.5) is 0 Å². The fraction of sp³-hybridized carbons (Fsp3) is 0.860. The van der Waals surface area contributed by atoms with Crippen LogP contribution in [-0.2, 0) is 10.1 Å². The third-order valence-electron chi connectivity index (χ3n) is 16.0. The van der Waals surface area contributed by atoms with Gasteiger partial charge in [-0.15, -0.1) is 0 Å². The zero-order valence-electron chi connectivity index (χ0n) is 30.8. The number of hydrogen-bond acceptors (Lipinski definition) is 0. The standard InChI is InChI=1S/C43H74P2.2HI.Ru/c1-8-22-36(23-9-1)43(44(37-24-10-2-11-25-37,38-26-12-3-13-27-38)39-28-14-4-15-29-39)45(40-30-16-5-17-31-40,41-32-18-6-19-33-41)42-34-20-7-21-35-42;;;/h1,8-9,22-23,37-45H,2-7,10-21,24-35H2;2*1H;/q;;;+2/p-2. The molecule has 6 aliphatic carbocycles. The summed E-state index contributed by atoms with van der Waals surface area (Å²) >= 11 is 4.73. The Kier molecular flexibility index (Phi) is 17.2. The van der Waals surface area contributed by atoms with E-state index in [0.29, 0.717) is 10.1 Å². The van der Waals surface area contributed by atoms with Gasteiger partial charge in [-0.25, -0.2) is 0 Å². The quantitative estimate of drug-likeness (QED) is 0.131. The molecule has 0 nitrogen and oxygen atoms in total. The maximum absolute atomic E-state index is 2.82. The van der Waals surface area contributed by atoms with E-state index < -0.39 is 14.5 Å². The van der Waals surface area contributed by atoms with Gasteiger partial charge in [-0.1, -0.05) is 0 Å². The van der Waals surface area contributed by atoms with Crippen LogP contribution in [0.1, 0.15) is 204 Å². The van der Waals surface area contributed by atoms with Crippen molar-refractivity contribution in [3.63, 3.8) is 0 Å². The molecule has 0 amide bonds. The normalized spacial score (nSPS) is 27.2. The summed E-state index contributed by atoms with van der Waals surface area (Å²) in [7, 11) is -2.93. The Morgan fingerprint density at radius 2 is 0.583 bits per heavy atom. The van der Waals surface area contributed by atoms with Crippen LogP contribution < -0.4 is 0 Å². The SMILES string of the molecule is [I][Ru][I].c1ccc(C([PH](C2CCCCC2)(C2CCCCC2)C2CCCCC2)[PH](C2CCCCC2)(C2CCCCC2)C2CCCCC2)cc1. The van der Waals surface area contributed by atoms with Crippen molar-refractivity contribution in [2.75, 3.05) is 0 Å². The van der Waals surface area contributed by atoms with E-state index in [0.717, 1.165) is 39.4 Å². The molecule has 48 heavy (non-hydrogen) atoms. The molecule has 6 saturated carbocycles. The molecule has 0 saturated heterocycles. The summed E-state index contributed by atoms with van der Waals surface area (Å²) in [6.07, 6.45) is 47.9. The van der Waals surface area contributed by atoms with E-state index in [2.05, 4.69) is 69.8 Å². The molecule has 6 fully saturated rings. The van der Waals surface area contributed by atoms with Gasteiger partial charge in [-0.3, -0.25) is 0 Å². The van der Waals surface area contributed by atoms with Crippen LogP contribution in [0, 0.1) is 0 Å². The van der Waals surface area contributed by atoms with Crippen LogP contribution in [0.25, 0.3) is 0 Å². The van der Waals surface area contributed by atoms with Gasteiger partial charge in [0.2, 0.25) is 0 Å². The molecule has 0 aliphatic heterocycles. The summed E-state index contributed by atoms with van der Waals surface area (Å²) in [5.74, 6) is 0. The molecular formula is C43H74I2P2Ru. The summed E-state index contributed by atoms with van der Waals surface area (Å²) in [6.45, 7) is 0. The number of halogens is 2. The molecule has 0 N–H and O–H groups in total. The molecule has 7 rings (SSSR count). The Balaban J connectivity index is 0.00000129. The van der Waals surface area contributed by atoms with Gasteiger partial charge >= 0.3 is 332 Å². The summed E-state index contributed by atoms with van der Waals surface area (Å²) in [5.41, 5.74) is 8.85. The molecule has 5 heteroatoms. The van der Waals surface area contributed by atoms with Crippen molar-refractivity contribution in [1.29, 1.82) is 0 Å². The van der Waals surface area contributed by atoms with E-state index in [1.807, 2.05) is 5.56 Å². The Bertz CT molecular complexity index is 863. The molecular weight excluding hydrogens is 933 g/mol. The van der Waals surface area contributed by atoms with Crippen LogP contribution in [0.5, 0.6) is 0 Å². The van der Waals surface area contributed by atoms with Gasteiger partial charge in [-0.2, -0.15) is 0 Å². The van der Waals surface area contributed by atoms with Crippen molar-refractivity contribution in [1.82, 2.24) is 0 Å². The molecule has 278 valence electrons. The Morgan fingerprint density at radius 3 is 0.792 bits per heavy atom. The van der Waals surface area contributed by atoms with Crippen molar-refractivity contribution >= 4 is 54.0 Å². The predicted octanol–water partition coefficient (Wildman–Crippen LogP) is 16.0. The number of rotatable bonds is 9. The predicted molar refractivity (Wildman–Crippen MR) is 235 cm³/mol. The van der Waals surface area contributed by atoms with E-state index in [4.69, 9.17) is 0 Å². The zero-order valence-corrected chi connectivity index (χ0v) is 38.8. The Morgan fingerprint density at radius 1 is 0.375 bits per heavy atom. The molecule has 0 bridgehead atoms. The van der Waals surface area contributed by atoms with Gasteiger partial charge in [0.1, 0.15) is 0 Å². The minimum atomic E-state index is -1.79. The Hall–Kier alpha value is 2.16. The van der Waals surface area contributed by atoms with Gasteiger partial charge in [0.15, 0.2) is 0 Å². The fourth-order valence-electron chi connectivity index (χ4n) is 14.7. The monoisotopic (exact) mass is 1010 g/mol. The number of benzene rings is 1. The maximum atomic E-state index is 2.82. The van der Waals surface area contributed by atoms with Gasteiger partial charge in [0, 0.05) is 0 Å². The molecule has 0 heterocycles. The van der Waals surface area contributed by atoms with Crippen molar-refractivity contribution < 1.29 is 10.1 Å². The summed E-state index contributed by atoms with van der Waals surface area (Å²) in [4.78, 5) is 0. The fourth-order valence-corrected chi connectivity index (χ4v) is 39.2. The molecule has 0 atom stereocenters. The van der Waals surface area contributed by atoms with Crippen molar-refractivity contribution in [2.45, 2.75) is 232 Å². The molecule has 1 aromatic carbocycles. The zero-order chi connectivity index (χ0) is 33.1. The first-order valence-electron chi connectivity index (χ1n) is 21.7. The minimum absolute atomic E-state index is 0.650. The summed E-state index contributed by atoms with van der Waals surface area (Å²) in [5, 5.41) is 1.08. The van der Waals surface area contributed by atoms with Crippen molar-refractivity contribution in [3.8, 4) is 0 Å². The molecule has 0 radical (unpaired) electrons. The third-order valence-corrected chi connectivity index (χ3v) is 33.6. The first kappa shape index (κ1) is 39.8. The topological polar surface area (TPSA) is 0 Å². The van der Waals surface area contributed by atoms with Crippen LogP contribution in [-0.4, -0.2) is 34.0 Å². The molecule has 0 spiro atoms. The van der Waals surface area contributed by atoms with Crippen LogP contribution in [0.2, 0.25) is 0 Å². The average Bonchev–Trinajstić information content (AvgIpc) is 3.18. The van der Waals surface area contributed by atoms with Gasteiger partial charge in [0.05, 0.1) is 0 Å². The van der Waals surface area contributed by atoms with E-state index in [9.17, 15) is 0 Å². The number of hydrogen-bond donors (Lipinski definition) is 0. The first-order valence-corrected chi connectivity index (χ1v) is 36.6. The van der Waals surface area contributed by atoms with Crippen LogP contribution in [0.3, 0.4) is 0 Å². The summed E-state index contributed by atoms with van der Waals surface area (Å²) in [6, 6.07) is 13.1. The van der Waals surface area contributed by atoms with E-state index in [1.54, 1.807) is 193 Å². The molecule has 1 aromatic rings. The van der Waals surface area contributed by atoms with Gasteiger partial charge in [-0.05, 0) is 0 Å². The molecule has 0 unspecified atom stereocenters. The van der Waals surface area contributed by atoms with E-state index in [1.165, 1.54) is 0 Å². The van der Waals surface area contributed by atoms with Gasteiger partial charge < -0.3 is 0 Å². The Labute approximate surface area is 328 Å². The van der Waals surface area contributed by atoms with E-state index in [-0.39, 0.29) is 0 Å². The molecule has 0 aromatic heterocycles. The van der Waals surface area contributed by atoms with Crippen molar-refractivity contribution in [3.05, 3.63) is 35.9 Å². The van der Waals surface area contributed by atoms with Crippen LogP contribution >= 0.6 is 54.0 Å². The first-order chi connectivity index (χ1) is 23.8. The second-order valence-electron chi connectivity index (χ2n) is 17.9. The summed E-state index contributed by atoms with van der Waals surface area (Å²) < 4.78 is 0. The third kappa shape index (κ3) is 8.83. The molecule has 6 aliphatic rings. The second kappa shape index (κ2) is 20.7. The average molecular weight is 1010 g/mol.